The van der Waals surface area contributed by atoms with Gasteiger partial charge in [0.15, 0.2) is 0 Å². The molecule has 0 saturated heterocycles. The molecule has 3 aliphatic carbocycles. The van der Waals surface area contributed by atoms with Gasteiger partial charge in [-0.05, 0) is 82.0 Å². The van der Waals surface area contributed by atoms with Crippen molar-refractivity contribution in [3.05, 3.63) is 12.7 Å². The zero-order valence-electron chi connectivity index (χ0n) is 28.9. The molecule has 0 N–H and O–H groups in total. The van der Waals surface area contributed by atoms with Crippen molar-refractivity contribution >= 4 is 0 Å². The summed E-state index contributed by atoms with van der Waals surface area (Å²) in [6.45, 7) is 14.2. The third kappa shape index (κ3) is 11.1. The van der Waals surface area contributed by atoms with E-state index in [1.165, 1.54) is 51.4 Å². The van der Waals surface area contributed by atoms with Gasteiger partial charge in [-0.15, -0.1) is 6.58 Å². The number of allylic oxidation sites excluding steroid dienone is 1. The van der Waals surface area contributed by atoms with Crippen LogP contribution in [0.2, 0.25) is 0 Å². The van der Waals surface area contributed by atoms with Crippen molar-refractivity contribution in [2.24, 2.45) is 35.5 Å². The van der Waals surface area contributed by atoms with Crippen molar-refractivity contribution in [1.29, 1.82) is 5.26 Å². The SMILES string of the molecule is C=CCCCOC1C(COC)C(OCC)CC2C3CC(OCCCCCCC)C(OCCCCCCC)CC3C(C#N)CC21. The molecule has 0 amide bonds. The normalized spacial score (nSPS) is 33.3. The van der Waals surface area contributed by atoms with Crippen molar-refractivity contribution in [3.8, 4) is 6.07 Å². The summed E-state index contributed by atoms with van der Waals surface area (Å²) in [6, 6.07) is 2.79. The second-order valence-electron chi connectivity index (χ2n) is 13.9. The Hall–Kier alpha value is -0.970. The van der Waals surface area contributed by atoms with Crippen LogP contribution in [0.4, 0.5) is 0 Å². The van der Waals surface area contributed by atoms with Crippen LogP contribution in [-0.2, 0) is 23.7 Å². The second-order valence-corrected chi connectivity index (χ2v) is 13.9. The predicted molar refractivity (Wildman–Crippen MR) is 178 cm³/mol. The van der Waals surface area contributed by atoms with Crippen LogP contribution in [0.5, 0.6) is 0 Å². The van der Waals surface area contributed by atoms with Crippen molar-refractivity contribution in [3.63, 3.8) is 0 Å². The highest BCUT2D eigenvalue weighted by Gasteiger charge is 2.56. The Bertz CT molecular complexity index is 801. The van der Waals surface area contributed by atoms with Crippen LogP contribution in [0.15, 0.2) is 12.7 Å². The van der Waals surface area contributed by atoms with Gasteiger partial charge in [0.25, 0.3) is 0 Å². The van der Waals surface area contributed by atoms with Gasteiger partial charge in [0, 0.05) is 45.4 Å². The molecule has 6 nitrogen and oxygen atoms in total. The van der Waals surface area contributed by atoms with Gasteiger partial charge < -0.3 is 23.7 Å². The first-order valence-electron chi connectivity index (χ1n) is 18.6. The third-order valence-electron chi connectivity index (χ3n) is 10.9. The Kier molecular flexibility index (Phi) is 18.5. The number of fused-ring (bicyclic) bond motifs is 3. The number of ether oxygens (including phenoxy) is 5. The Labute approximate surface area is 270 Å². The molecule has 44 heavy (non-hydrogen) atoms. The van der Waals surface area contributed by atoms with E-state index in [-0.39, 0.29) is 36.3 Å². The zero-order chi connectivity index (χ0) is 31.6. The summed E-state index contributed by atoms with van der Waals surface area (Å²) in [4.78, 5) is 0. The molecule has 254 valence electrons. The topological polar surface area (TPSA) is 69.9 Å². The molecule has 3 rings (SSSR count). The van der Waals surface area contributed by atoms with Crippen LogP contribution in [-0.4, -0.2) is 64.6 Å². The molecule has 0 aromatic carbocycles. The van der Waals surface area contributed by atoms with E-state index in [4.69, 9.17) is 23.7 Å². The quantitative estimate of drug-likeness (QED) is 0.0842. The molecule has 6 heteroatoms. The van der Waals surface area contributed by atoms with E-state index < -0.39 is 0 Å². The molecule has 0 radical (unpaired) electrons. The molecule has 0 spiro atoms. The Balaban J connectivity index is 1.79. The number of methoxy groups -OCH3 is 1. The first-order chi connectivity index (χ1) is 21.6. The van der Waals surface area contributed by atoms with Crippen LogP contribution in [0.25, 0.3) is 0 Å². The standard InChI is InChI=1S/C38H67NO5/c1-6-10-13-15-18-20-42-36-24-30-29(27-39)23-33-32(31(30)26-37(36)43-21-19-16-14-11-7-2)25-35(41-9-4)34(28-40-5)38(33)44-22-17-12-8-3/h8,29-38H,3,6-7,9-26,28H2,1-2,4-5H3. The molecule has 10 unspecified atom stereocenters. The van der Waals surface area contributed by atoms with Crippen LogP contribution in [0.1, 0.15) is 124 Å². The lowest BCUT2D eigenvalue weighted by Crippen LogP contribution is -2.59. The molecule has 0 heterocycles. The number of rotatable bonds is 23. The summed E-state index contributed by atoms with van der Waals surface area (Å²) >= 11 is 0. The van der Waals surface area contributed by atoms with E-state index in [2.05, 4.69) is 33.4 Å². The minimum Gasteiger partial charge on any atom is -0.384 e. The molecule has 3 saturated carbocycles. The number of nitrogens with zero attached hydrogens (tertiary/aromatic N) is 1. The predicted octanol–water partition coefficient (Wildman–Crippen LogP) is 8.92. The molecule has 3 fully saturated rings. The maximum atomic E-state index is 10.5. The summed E-state index contributed by atoms with van der Waals surface area (Å²) in [5.41, 5.74) is 0. The van der Waals surface area contributed by atoms with Crippen molar-refractivity contribution < 1.29 is 23.7 Å². The maximum Gasteiger partial charge on any atom is 0.0839 e. The first kappa shape index (κ1) is 37.5. The van der Waals surface area contributed by atoms with Gasteiger partial charge in [0.2, 0.25) is 0 Å². The fourth-order valence-electron chi connectivity index (χ4n) is 8.68. The van der Waals surface area contributed by atoms with E-state index in [0.717, 1.165) is 64.6 Å². The summed E-state index contributed by atoms with van der Waals surface area (Å²) in [5.74, 6) is 1.79. The molecule has 0 aromatic heterocycles. The highest BCUT2D eigenvalue weighted by atomic mass is 16.5. The summed E-state index contributed by atoms with van der Waals surface area (Å²) in [7, 11) is 1.79. The largest absolute Gasteiger partial charge is 0.384 e. The van der Waals surface area contributed by atoms with Crippen molar-refractivity contribution in [2.75, 3.05) is 40.1 Å². The average Bonchev–Trinajstić information content (AvgIpc) is 3.03. The zero-order valence-corrected chi connectivity index (χ0v) is 28.9. The minimum absolute atomic E-state index is 0.0259. The Morgan fingerprint density at radius 1 is 0.659 bits per heavy atom. The van der Waals surface area contributed by atoms with E-state index in [1.807, 2.05) is 6.08 Å². The van der Waals surface area contributed by atoms with Gasteiger partial charge in [-0.25, -0.2) is 0 Å². The number of unbranched alkanes of at least 4 members (excludes halogenated alkanes) is 9. The molecule has 10 atom stereocenters. The van der Waals surface area contributed by atoms with Gasteiger partial charge >= 0.3 is 0 Å². The lowest BCUT2D eigenvalue weighted by Gasteiger charge is -2.57. The van der Waals surface area contributed by atoms with Gasteiger partial charge in [0.1, 0.15) is 0 Å². The Morgan fingerprint density at radius 2 is 1.23 bits per heavy atom. The first-order valence-corrected chi connectivity index (χ1v) is 18.6. The maximum absolute atomic E-state index is 10.5. The summed E-state index contributed by atoms with van der Waals surface area (Å²) in [6.07, 6.45) is 20.5. The van der Waals surface area contributed by atoms with Crippen LogP contribution < -0.4 is 0 Å². The molecule has 0 bridgehead atoms. The van der Waals surface area contributed by atoms with Crippen molar-refractivity contribution in [1.82, 2.24) is 0 Å². The van der Waals surface area contributed by atoms with E-state index in [0.29, 0.717) is 43.5 Å². The highest BCUT2D eigenvalue weighted by molar-refractivity contribution is 5.09. The number of nitriles is 1. The van der Waals surface area contributed by atoms with Crippen molar-refractivity contribution in [2.45, 2.75) is 148 Å². The van der Waals surface area contributed by atoms with Gasteiger partial charge in [-0.1, -0.05) is 71.3 Å². The molecule has 0 aromatic rings. The van der Waals surface area contributed by atoms with E-state index >= 15 is 0 Å². The van der Waals surface area contributed by atoms with Crippen LogP contribution >= 0.6 is 0 Å². The highest BCUT2D eigenvalue weighted by Crippen LogP contribution is 2.56. The summed E-state index contributed by atoms with van der Waals surface area (Å²) in [5, 5.41) is 10.5. The fourth-order valence-corrected chi connectivity index (χ4v) is 8.68. The monoisotopic (exact) mass is 618 g/mol. The van der Waals surface area contributed by atoms with Crippen LogP contribution in [0.3, 0.4) is 0 Å². The fraction of sp³-hybridized carbons (Fsp3) is 0.921. The third-order valence-corrected chi connectivity index (χ3v) is 10.9. The lowest BCUT2D eigenvalue weighted by molar-refractivity contribution is -0.198. The number of hydrogen-bond acceptors (Lipinski definition) is 6. The molecular weight excluding hydrogens is 550 g/mol. The number of hydrogen-bond donors (Lipinski definition) is 0. The van der Waals surface area contributed by atoms with Gasteiger partial charge in [-0.2, -0.15) is 5.26 Å². The van der Waals surface area contributed by atoms with E-state index in [9.17, 15) is 5.26 Å². The molecule has 0 aliphatic heterocycles. The Morgan fingerprint density at radius 3 is 1.80 bits per heavy atom. The summed E-state index contributed by atoms with van der Waals surface area (Å²) < 4.78 is 32.3. The minimum atomic E-state index is 0.0259. The van der Waals surface area contributed by atoms with Gasteiger partial charge in [-0.3, -0.25) is 0 Å². The molecular formula is C38H67NO5. The average molecular weight is 618 g/mol. The smallest absolute Gasteiger partial charge is 0.0839 e. The second kappa shape index (κ2) is 21.8. The van der Waals surface area contributed by atoms with E-state index in [1.54, 1.807) is 7.11 Å². The molecule has 3 aliphatic rings. The lowest BCUT2D eigenvalue weighted by atomic mass is 9.51. The van der Waals surface area contributed by atoms with Crippen LogP contribution in [0, 0.1) is 46.8 Å². The van der Waals surface area contributed by atoms with Gasteiger partial charge in [0.05, 0.1) is 37.1 Å².